The molecule has 113 heavy (non-hydrogen) atoms. The van der Waals surface area contributed by atoms with Crippen molar-refractivity contribution >= 4 is 176 Å². The van der Waals surface area contributed by atoms with E-state index in [0.717, 1.165) is 187 Å². The van der Waals surface area contributed by atoms with Gasteiger partial charge in [-0.25, -0.2) is 19.4 Å². The third-order valence-electron chi connectivity index (χ3n) is 22.6. The molecule has 0 amide bonds. The molecule has 524 valence electrons. The van der Waals surface area contributed by atoms with Crippen LogP contribution in [0.5, 0.6) is 5.75 Å². The number of methoxy groups -OCH3 is 1. The number of rotatable bonds is 8. The molecule has 0 unspecified atom stereocenters. The Bertz CT molecular complexity index is 8070. The second-order valence-electron chi connectivity index (χ2n) is 28.3. The van der Waals surface area contributed by atoms with Crippen molar-refractivity contribution in [1.82, 2.24) is 18.3 Å². The normalized spacial score (nSPS) is 11.7. The van der Waals surface area contributed by atoms with E-state index in [-0.39, 0.29) is 11.4 Å². The Hall–Kier alpha value is -16.1. The van der Waals surface area contributed by atoms with E-state index in [1.165, 1.54) is 0 Å². The number of aromatic nitrogens is 4. The van der Waals surface area contributed by atoms with Gasteiger partial charge in [0.2, 0.25) is 22.7 Å². The molecule has 0 aliphatic rings. The van der Waals surface area contributed by atoms with Gasteiger partial charge >= 0.3 is 0 Å². The summed E-state index contributed by atoms with van der Waals surface area (Å²) in [5.41, 5.74) is 20.8. The van der Waals surface area contributed by atoms with Crippen molar-refractivity contribution in [3.63, 3.8) is 0 Å². The fraction of sp³-hybridized carbons (Fsp3) is 0.00990. The minimum Gasteiger partial charge on any atom is -0.507 e. The summed E-state index contributed by atoms with van der Waals surface area (Å²) in [5, 5.41) is 14.5. The molecule has 7 heterocycles. The minimum atomic E-state index is 0.174. The molecule has 0 radical (unpaired) electrons. The first kappa shape index (κ1) is 64.1. The molecule has 0 fully saturated rings. The summed E-state index contributed by atoms with van der Waals surface area (Å²) in [6.45, 7) is 34.9. The molecule has 0 saturated heterocycles. The summed E-state index contributed by atoms with van der Waals surface area (Å²) in [7, 11) is 1.59. The van der Waals surface area contributed by atoms with Crippen LogP contribution in [0.15, 0.2) is 335 Å². The summed E-state index contributed by atoms with van der Waals surface area (Å²) >= 11 is 0. The fourth-order valence-corrected chi connectivity index (χ4v) is 18.0. The predicted molar refractivity (Wildman–Crippen MR) is 460 cm³/mol. The molecule has 12 nitrogen and oxygen atoms in total. The highest BCUT2D eigenvalue weighted by Gasteiger charge is 2.36. The van der Waals surface area contributed by atoms with E-state index in [2.05, 4.69) is 177 Å². The van der Waals surface area contributed by atoms with Crippen LogP contribution in [0.1, 0.15) is 0 Å². The van der Waals surface area contributed by atoms with Crippen LogP contribution in [0.25, 0.3) is 229 Å². The highest BCUT2D eigenvalue weighted by Crippen LogP contribution is 2.59. The van der Waals surface area contributed by atoms with E-state index in [1.54, 1.807) is 7.11 Å². The average molecular weight is 1450 g/mol. The molecule has 0 saturated carbocycles. The lowest BCUT2D eigenvalue weighted by Gasteiger charge is -2.26. The third-order valence-corrected chi connectivity index (χ3v) is 22.6. The summed E-state index contributed by atoms with van der Waals surface area (Å²) in [4.78, 5) is 16.7. The van der Waals surface area contributed by atoms with Crippen molar-refractivity contribution in [3.05, 3.63) is 367 Å². The molecule has 23 aromatic rings. The average Bonchev–Trinajstić information content (AvgIpc) is 1.40. The van der Waals surface area contributed by atoms with Crippen molar-refractivity contribution in [2.45, 2.75) is 0 Å². The molecule has 0 aliphatic carbocycles. The molecule has 0 N–H and O–H groups in total. The van der Waals surface area contributed by atoms with Crippen molar-refractivity contribution in [2.24, 2.45) is 0 Å². The molecule has 0 aliphatic heterocycles. The van der Waals surface area contributed by atoms with Crippen molar-refractivity contribution in [2.75, 3.05) is 7.11 Å². The van der Waals surface area contributed by atoms with Crippen LogP contribution in [0.3, 0.4) is 0 Å². The van der Waals surface area contributed by atoms with E-state index < -0.39 is 0 Å². The van der Waals surface area contributed by atoms with Crippen LogP contribution in [-0.4, -0.2) is 25.4 Å². The van der Waals surface area contributed by atoms with Gasteiger partial charge in [-0.05, 0) is 95.6 Å². The number of nitrogens with zero attached hydrogens (tertiary/aromatic N) is 8. The van der Waals surface area contributed by atoms with Crippen LogP contribution in [-0.2, 0) is 0 Å². The quantitative estimate of drug-likeness (QED) is 0.142. The van der Waals surface area contributed by atoms with Crippen LogP contribution in [0, 0.1) is 26.3 Å². The number of fused-ring (bicyclic) bond motifs is 23. The zero-order chi connectivity index (χ0) is 75.3. The van der Waals surface area contributed by atoms with Gasteiger partial charge in [0.15, 0.2) is 0 Å². The number of furan rings is 3. The van der Waals surface area contributed by atoms with E-state index >= 15 is 0 Å². The van der Waals surface area contributed by atoms with Gasteiger partial charge in [0, 0.05) is 87.4 Å². The first-order valence-corrected chi connectivity index (χ1v) is 37.1. The van der Waals surface area contributed by atoms with E-state index in [1.807, 2.05) is 182 Å². The Balaban J connectivity index is 0.000000141. The molecule has 12 heteroatoms. The zero-order valence-corrected chi connectivity index (χ0v) is 60.3. The van der Waals surface area contributed by atoms with Gasteiger partial charge in [-0.3, -0.25) is 0 Å². The van der Waals surface area contributed by atoms with Gasteiger partial charge in [0.1, 0.15) is 39.2 Å². The molecule has 0 spiro atoms. The number of para-hydroxylation sites is 8. The lowest BCUT2D eigenvalue weighted by atomic mass is 9.91. The maximum Gasteiger partial charge on any atom is 0.238 e. The summed E-state index contributed by atoms with van der Waals surface area (Å²) in [6, 6.07) is 109. The maximum absolute atomic E-state index is 8.94. The van der Waals surface area contributed by atoms with Crippen LogP contribution >= 0.6 is 0 Å². The highest BCUT2D eigenvalue weighted by atomic mass is 16.5. The number of hydrogen-bond donors (Lipinski definition) is 0. The van der Waals surface area contributed by atoms with Gasteiger partial charge in [-0.15, -0.1) is 0 Å². The number of hydrogen-bond acceptors (Lipinski definition) is 4. The fourth-order valence-electron chi connectivity index (χ4n) is 18.0. The van der Waals surface area contributed by atoms with E-state index in [0.29, 0.717) is 39.5 Å². The number of benzene rings is 16. The summed E-state index contributed by atoms with van der Waals surface area (Å²) in [6.07, 6.45) is 0. The monoisotopic (exact) mass is 1440 g/mol. The van der Waals surface area contributed by atoms with Crippen LogP contribution in [0.2, 0.25) is 0 Å². The standard InChI is InChI=1S/C56H30N4O2.C45H26N4O2/c1-57-52-49(33-17-5-3-6-18-33)54(59-43-26-14-10-24-39(43)51-44(59)30-29-38-36-22-11-16-28-47(36)62-56(38)51)55(50(53(52)58-2)34-19-7-4-8-20-34)60-42-25-13-9-21-35(42)40-31-41-37-23-12-15-27-46(37)61-48(41)32-45(40)60;1-46-40-38(27-15-5-4-6-16-27)42(43(45(50-3)41(40)47-2)48-33-21-11-7-17-28(33)29-18-8-12-22-34(29)48)49-35-23-13-9-20-32(35)39-36(49)26-25-31-30-19-10-14-24-37(30)51-44(31)39/h3-32H;4-26H,3H3. The van der Waals surface area contributed by atoms with E-state index in [9.17, 15) is 0 Å². The smallest absolute Gasteiger partial charge is 0.238 e. The highest BCUT2D eigenvalue weighted by molar-refractivity contribution is 6.28. The first-order valence-electron chi connectivity index (χ1n) is 37.1. The van der Waals surface area contributed by atoms with Gasteiger partial charge in [-0.1, -0.05) is 237 Å². The van der Waals surface area contributed by atoms with Crippen LogP contribution in [0.4, 0.5) is 22.7 Å². The van der Waals surface area contributed by atoms with Crippen molar-refractivity contribution in [3.8, 4) is 61.9 Å². The Labute approximate surface area is 644 Å². The Morgan fingerprint density at radius 2 is 0.549 bits per heavy atom. The van der Waals surface area contributed by atoms with Crippen LogP contribution < -0.4 is 4.74 Å². The lowest BCUT2D eigenvalue weighted by Crippen LogP contribution is -2.08. The molecular formula is C101H56N8O4. The van der Waals surface area contributed by atoms with Gasteiger partial charge in [0.25, 0.3) is 0 Å². The summed E-state index contributed by atoms with van der Waals surface area (Å²) < 4.78 is 35.4. The predicted octanol–water partition coefficient (Wildman–Crippen LogP) is 28.7. The molecule has 7 aromatic heterocycles. The topological polar surface area (TPSA) is 85.8 Å². The SMILES string of the molecule is [C-]#[N+]c1c([N+]#[C-])c(-c2ccccc2)c(-n2c3ccccc3c3c4oc5ccccc5c4ccc32)c(-n2c3ccccc3c3cc4c(cc32)oc2ccccc24)c1-c1ccccc1.[C-]#[N+]c1c([N+]#[C-])c(-c2ccccc2)c(-n2c3ccccc3c3c4oc5ccccc5c4ccc32)c(-n2c3ccccc3c3ccccc32)c1OC. The van der Waals surface area contributed by atoms with Crippen molar-refractivity contribution in [1.29, 1.82) is 0 Å². The molecule has 0 bridgehead atoms. The molecular weight excluding hydrogens is 1390 g/mol. The minimum absolute atomic E-state index is 0.174. The Morgan fingerprint density at radius 1 is 0.239 bits per heavy atom. The molecule has 0 atom stereocenters. The largest absolute Gasteiger partial charge is 0.507 e. The van der Waals surface area contributed by atoms with Gasteiger partial charge < -0.3 is 36.3 Å². The van der Waals surface area contributed by atoms with E-state index in [4.69, 9.17) is 44.3 Å². The van der Waals surface area contributed by atoms with Crippen molar-refractivity contribution < 1.29 is 18.0 Å². The maximum atomic E-state index is 8.94. The third kappa shape index (κ3) is 9.15. The first-order chi connectivity index (χ1) is 55.9. The second kappa shape index (κ2) is 25.0. The lowest BCUT2D eigenvalue weighted by molar-refractivity contribution is 0.416. The molecule has 16 aromatic carbocycles. The second-order valence-corrected chi connectivity index (χ2v) is 28.3. The Morgan fingerprint density at radius 3 is 0.956 bits per heavy atom. The zero-order valence-electron chi connectivity index (χ0n) is 60.3. The Kier molecular flexibility index (Phi) is 14.2. The summed E-state index contributed by atoms with van der Waals surface area (Å²) in [5.74, 6) is 0.341. The van der Waals surface area contributed by atoms with Gasteiger partial charge in [0.05, 0.1) is 111 Å². The molecule has 23 rings (SSSR count). The number of ether oxygens (including phenoxy) is 1. The van der Waals surface area contributed by atoms with Gasteiger partial charge in [-0.2, -0.15) is 0 Å².